The molecule has 1 aromatic heterocycles. The molecule has 23 heavy (non-hydrogen) atoms. The summed E-state index contributed by atoms with van der Waals surface area (Å²) in [7, 11) is 0. The molecule has 2 aromatic carbocycles. The fourth-order valence-corrected chi connectivity index (χ4v) is 2.73. The van der Waals surface area contributed by atoms with Crippen LogP contribution in [0.1, 0.15) is 52.7 Å². The Kier molecular flexibility index (Phi) is 3.59. The Labute approximate surface area is 138 Å². The summed E-state index contributed by atoms with van der Waals surface area (Å²) in [6, 6.07) is 14.5. The summed E-state index contributed by atoms with van der Waals surface area (Å²) < 4.78 is 6.17. The lowest BCUT2D eigenvalue weighted by molar-refractivity contribution is 0.552. The number of hydrogen-bond donors (Lipinski definition) is 0. The standard InChI is InChI=1S/C21H25NO/c1-20(2,3)15-12-16(21(4,5)6)18-17(13-15)22-19(23-18)14-10-8-7-9-11-14/h7-13H,1-6H3. The molecule has 0 aliphatic rings. The first-order valence-electron chi connectivity index (χ1n) is 8.17. The molecule has 0 saturated heterocycles. The van der Waals surface area contributed by atoms with E-state index in [-0.39, 0.29) is 10.8 Å². The Morgan fingerprint density at radius 3 is 2.04 bits per heavy atom. The molecule has 0 unspecified atom stereocenters. The SMILES string of the molecule is CC(C)(C)c1cc(C(C)(C)C)c2oc(-c3ccccc3)nc2c1. The minimum absolute atomic E-state index is 0.00695. The molecule has 3 rings (SSSR count). The third-order valence-electron chi connectivity index (χ3n) is 4.18. The molecule has 0 aliphatic carbocycles. The summed E-state index contributed by atoms with van der Waals surface area (Å²) in [5, 5.41) is 0. The zero-order valence-electron chi connectivity index (χ0n) is 14.9. The van der Waals surface area contributed by atoms with Gasteiger partial charge in [-0.2, -0.15) is 0 Å². The van der Waals surface area contributed by atoms with Crippen molar-refractivity contribution in [1.82, 2.24) is 4.98 Å². The molecule has 0 saturated carbocycles. The van der Waals surface area contributed by atoms with E-state index < -0.39 is 0 Å². The lowest BCUT2D eigenvalue weighted by Crippen LogP contribution is -2.16. The number of hydrogen-bond acceptors (Lipinski definition) is 2. The van der Waals surface area contributed by atoms with Gasteiger partial charge in [-0.15, -0.1) is 0 Å². The van der Waals surface area contributed by atoms with Gasteiger partial charge in [0.05, 0.1) is 0 Å². The second kappa shape index (κ2) is 5.23. The number of rotatable bonds is 1. The average molecular weight is 307 g/mol. The summed E-state index contributed by atoms with van der Waals surface area (Å²) in [6.45, 7) is 13.4. The van der Waals surface area contributed by atoms with Gasteiger partial charge in [-0.25, -0.2) is 4.98 Å². The molecule has 0 N–H and O–H groups in total. The molecule has 0 fully saturated rings. The molecule has 1 heterocycles. The van der Waals surface area contributed by atoms with E-state index in [4.69, 9.17) is 9.40 Å². The van der Waals surface area contributed by atoms with Crippen LogP contribution in [-0.4, -0.2) is 4.98 Å². The molecule has 0 spiro atoms. The van der Waals surface area contributed by atoms with Crippen LogP contribution in [0.4, 0.5) is 0 Å². The topological polar surface area (TPSA) is 26.0 Å². The second-order valence-corrected chi connectivity index (χ2v) is 8.26. The summed E-state index contributed by atoms with van der Waals surface area (Å²) in [6.07, 6.45) is 0. The predicted octanol–water partition coefficient (Wildman–Crippen LogP) is 6.09. The van der Waals surface area contributed by atoms with E-state index in [2.05, 4.69) is 53.7 Å². The van der Waals surface area contributed by atoms with Gasteiger partial charge in [0, 0.05) is 11.1 Å². The second-order valence-electron chi connectivity index (χ2n) is 8.26. The summed E-state index contributed by atoms with van der Waals surface area (Å²) in [5.41, 5.74) is 5.47. The van der Waals surface area contributed by atoms with Crippen molar-refractivity contribution in [2.45, 2.75) is 52.4 Å². The highest BCUT2D eigenvalue weighted by Crippen LogP contribution is 2.37. The Morgan fingerprint density at radius 2 is 1.48 bits per heavy atom. The monoisotopic (exact) mass is 307 g/mol. The first kappa shape index (κ1) is 15.8. The first-order valence-corrected chi connectivity index (χ1v) is 8.17. The third kappa shape index (κ3) is 3.03. The highest BCUT2D eigenvalue weighted by atomic mass is 16.3. The summed E-state index contributed by atoms with van der Waals surface area (Å²) >= 11 is 0. The van der Waals surface area contributed by atoms with Crippen molar-refractivity contribution in [3.8, 4) is 11.5 Å². The number of nitrogens with zero attached hydrogens (tertiary/aromatic N) is 1. The smallest absolute Gasteiger partial charge is 0.227 e. The van der Waals surface area contributed by atoms with Gasteiger partial charge >= 0.3 is 0 Å². The van der Waals surface area contributed by atoms with Gasteiger partial charge in [0.25, 0.3) is 0 Å². The van der Waals surface area contributed by atoms with Gasteiger partial charge in [0.15, 0.2) is 5.58 Å². The van der Waals surface area contributed by atoms with Gasteiger partial charge in [-0.05, 0) is 34.6 Å². The number of benzene rings is 2. The van der Waals surface area contributed by atoms with Crippen LogP contribution in [0.2, 0.25) is 0 Å². The summed E-state index contributed by atoms with van der Waals surface area (Å²) in [5.74, 6) is 0.692. The van der Waals surface area contributed by atoms with Gasteiger partial charge in [-0.1, -0.05) is 65.8 Å². The maximum absolute atomic E-state index is 6.17. The van der Waals surface area contributed by atoms with Crippen LogP contribution in [-0.2, 0) is 10.8 Å². The molecule has 3 aromatic rings. The van der Waals surface area contributed by atoms with Crippen LogP contribution in [0, 0.1) is 0 Å². The molecule has 0 amide bonds. The molecule has 120 valence electrons. The van der Waals surface area contributed by atoms with Crippen LogP contribution < -0.4 is 0 Å². The van der Waals surface area contributed by atoms with Crippen molar-refractivity contribution in [2.24, 2.45) is 0 Å². The quantitative estimate of drug-likeness (QED) is 0.543. The van der Waals surface area contributed by atoms with Gasteiger partial charge in [0.1, 0.15) is 5.52 Å². The highest BCUT2D eigenvalue weighted by molar-refractivity contribution is 5.81. The van der Waals surface area contributed by atoms with Crippen LogP contribution in [0.3, 0.4) is 0 Å². The Bertz CT molecular complexity index is 830. The van der Waals surface area contributed by atoms with E-state index in [0.717, 1.165) is 16.7 Å². The molecule has 0 bridgehead atoms. The van der Waals surface area contributed by atoms with Crippen LogP contribution in [0.15, 0.2) is 46.9 Å². The van der Waals surface area contributed by atoms with Crippen molar-refractivity contribution in [1.29, 1.82) is 0 Å². The van der Waals surface area contributed by atoms with E-state index >= 15 is 0 Å². The Balaban J connectivity index is 2.28. The van der Waals surface area contributed by atoms with E-state index in [1.54, 1.807) is 0 Å². The van der Waals surface area contributed by atoms with Gasteiger partial charge in [0.2, 0.25) is 5.89 Å². The molecule has 2 heteroatoms. The van der Waals surface area contributed by atoms with E-state index in [1.807, 2.05) is 30.3 Å². The lowest BCUT2D eigenvalue weighted by Gasteiger charge is -2.24. The number of oxazole rings is 1. The molecular weight excluding hydrogens is 282 g/mol. The zero-order valence-corrected chi connectivity index (χ0v) is 14.9. The van der Waals surface area contributed by atoms with Crippen molar-refractivity contribution >= 4 is 11.1 Å². The minimum Gasteiger partial charge on any atom is -0.436 e. The fourth-order valence-electron chi connectivity index (χ4n) is 2.73. The number of aromatic nitrogens is 1. The fraction of sp³-hybridized carbons (Fsp3) is 0.381. The zero-order chi connectivity index (χ0) is 16.8. The van der Waals surface area contributed by atoms with Crippen LogP contribution >= 0.6 is 0 Å². The average Bonchev–Trinajstić information content (AvgIpc) is 2.89. The lowest BCUT2D eigenvalue weighted by atomic mass is 9.80. The van der Waals surface area contributed by atoms with Gasteiger partial charge in [-0.3, -0.25) is 0 Å². The molecule has 0 atom stereocenters. The van der Waals surface area contributed by atoms with Crippen LogP contribution in [0.25, 0.3) is 22.6 Å². The first-order chi connectivity index (χ1) is 10.7. The third-order valence-corrected chi connectivity index (χ3v) is 4.18. The molecule has 0 aliphatic heterocycles. The van der Waals surface area contributed by atoms with E-state index in [0.29, 0.717) is 5.89 Å². The van der Waals surface area contributed by atoms with Crippen molar-refractivity contribution in [2.75, 3.05) is 0 Å². The van der Waals surface area contributed by atoms with Crippen molar-refractivity contribution in [3.63, 3.8) is 0 Å². The summed E-state index contributed by atoms with van der Waals surface area (Å²) in [4.78, 5) is 4.76. The largest absolute Gasteiger partial charge is 0.436 e. The Morgan fingerprint density at radius 1 is 0.826 bits per heavy atom. The van der Waals surface area contributed by atoms with Gasteiger partial charge < -0.3 is 4.42 Å². The molecular formula is C21H25NO. The maximum Gasteiger partial charge on any atom is 0.227 e. The van der Waals surface area contributed by atoms with Crippen LogP contribution in [0.5, 0.6) is 0 Å². The van der Waals surface area contributed by atoms with E-state index in [1.165, 1.54) is 11.1 Å². The van der Waals surface area contributed by atoms with E-state index in [9.17, 15) is 0 Å². The van der Waals surface area contributed by atoms with Crippen molar-refractivity contribution in [3.05, 3.63) is 53.6 Å². The molecule has 2 nitrogen and oxygen atoms in total. The minimum atomic E-state index is 0.00695. The van der Waals surface area contributed by atoms with Crippen molar-refractivity contribution < 1.29 is 4.42 Å². The maximum atomic E-state index is 6.17. The molecule has 0 radical (unpaired) electrons. The Hall–Kier alpha value is -2.09. The predicted molar refractivity (Wildman–Crippen MR) is 96.8 cm³/mol. The normalized spacial score (nSPS) is 12.8. The highest BCUT2D eigenvalue weighted by Gasteiger charge is 2.25. The number of fused-ring (bicyclic) bond motifs is 1.